The molecule has 3 aromatic rings. The number of hydrogen-bond donors (Lipinski definition) is 1. The third kappa shape index (κ3) is 3.20. The summed E-state index contributed by atoms with van der Waals surface area (Å²) in [4.78, 5) is 28.6. The van der Waals surface area contributed by atoms with Crippen molar-refractivity contribution in [3.05, 3.63) is 45.3 Å². The number of carbonyl (C=O) groups is 1. The highest BCUT2D eigenvalue weighted by atomic mass is 32.1. The lowest BCUT2D eigenvalue weighted by molar-refractivity contribution is -0.115. The van der Waals surface area contributed by atoms with E-state index in [1.54, 1.807) is 30.6 Å². The Kier molecular flexibility index (Phi) is 4.71. The maximum absolute atomic E-state index is 12.4. The van der Waals surface area contributed by atoms with Crippen molar-refractivity contribution in [3.8, 4) is 11.5 Å². The van der Waals surface area contributed by atoms with Gasteiger partial charge in [0, 0.05) is 17.0 Å². The summed E-state index contributed by atoms with van der Waals surface area (Å²) in [6, 6.07) is 3.50. The van der Waals surface area contributed by atoms with Crippen LogP contribution in [0.15, 0.2) is 32.9 Å². The topological polar surface area (TPSA) is 90.7 Å². The van der Waals surface area contributed by atoms with E-state index >= 15 is 0 Å². The molecule has 0 unspecified atom stereocenters. The molecule has 7 nitrogen and oxygen atoms in total. The first-order valence-corrected chi connectivity index (χ1v) is 8.29. The number of methoxy groups -OCH3 is 2. The molecule has 1 amide bonds. The van der Waals surface area contributed by atoms with Crippen molar-refractivity contribution in [1.82, 2.24) is 4.98 Å². The van der Waals surface area contributed by atoms with Crippen molar-refractivity contribution in [2.45, 2.75) is 13.3 Å². The van der Waals surface area contributed by atoms with Crippen LogP contribution in [0.5, 0.6) is 11.5 Å². The zero-order chi connectivity index (χ0) is 18.0. The number of ether oxygens (including phenoxy) is 2. The minimum atomic E-state index is -0.578. The number of thiazole rings is 1. The van der Waals surface area contributed by atoms with Crippen LogP contribution < -0.4 is 20.4 Å². The Hall–Kier alpha value is -2.87. The van der Waals surface area contributed by atoms with Gasteiger partial charge in [0.05, 0.1) is 26.2 Å². The molecule has 0 saturated carbocycles. The molecule has 1 aromatic carbocycles. The Morgan fingerprint density at radius 3 is 2.76 bits per heavy atom. The molecule has 0 saturated heterocycles. The number of nitrogens with one attached hydrogen (secondary N) is 1. The smallest absolute Gasteiger partial charge is 0.340 e. The van der Waals surface area contributed by atoms with E-state index in [9.17, 15) is 9.59 Å². The van der Waals surface area contributed by atoms with E-state index in [1.165, 1.54) is 25.6 Å². The maximum Gasteiger partial charge on any atom is 0.340 e. The van der Waals surface area contributed by atoms with Gasteiger partial charge in [0.2, 0.25) is 11.7 Å². The number of carbonyl (C=O) groups excluding carboxylic acids is 1. The lowest BCUT2D eigenvalue weighted by Gasteiger charge is -2.12. The summed E-state index contributed by atoms with van der Waals surface area (Å²) in [5.74, 6) is 0.482. The predicted molar refractivity (Wildman–Crippen MR) is 94.8 cm³/mol. The third-order valence-corrected chi connectivity index (χ3v) is 4.50. The molecule has 0 aliphatic carbocycles. The Labute approximate surface area is 147 Å². The van der Waals surface area contributed by atoms with Crippen molar-refractivity contribution in [2.24, 2.45) is 0 Å². The summed E-state index contributed by atoms with van der Waals surface area (Å²) in [6.45, 7) is 1.77. The molecule has 130 valence electrons. The summed E-state index contributed by atoms with van der Waals surface area (Å²) in [7, 11) is 2.98. The van der Waals surface area contributed by atoms with Crippen LogP contribution in [0.25, 0.3) is 11.0 Å². The molecule has 0 fully saturated rings. The van der Waals surface area contributed by atoms with Crippen molar-refractivity contribution in [2.75, 3.05) is 19.5 Å². The van der Waals surface area contributed by atoms with Gasteiger partial charge in [0.15, 0.2) is 16.5 Å². The first kappa shape index (κ1) is 17.0. The molecule has 25 heavy (non-hydrogen) atoms. The number of hydrogen-bond acceptors (Lipinski definition) is 7. The van der Waals surface area contributed by atoms with Gasteiger partial charge < -0.3 is 19.2 Å². The van der Waals surface area contributed by atoms with Gasteiger partial charge in [-0.15, -0.1) is 11.3 Å². The minimum Gasteiger partial charge on any atom is -0.493 e. The zero-order valence-electron chi connectivity index (χ0n) is 13.9. The Bertz CT molecular complexity index is 979. The molecule has 1 N–H and O–H groups in total. The van der Waals surface area contributed by atoms with E-state index in [-0.39, 0.29) is 12.3 Å². The number of rotatable bonds is 5. The van der Waals surface area contributed by atoms with Crippen molar-refractivity contribution >= 4 is 33.3 Å². The zero-order valence-corrected chi connectivity index (χ0v) is 14.7. The van der Waals surface area contributed by atoms with E-state index in [4.69, 9.17) is 13.9 Å². The van der Waals surface area contributed by atoms with Crippen molar-refractivity contribution < 1.29 is 18.7 Å². The maximum atomic E-state index is 12.4. The highest BCUT2D eigenvalue weighted by molar-refractivity contribution is 7.13. The normalized spacial score (nSPS) is 10.7. The molecule has 2 heterocycles. The fourth-order valence-corrected chi connectivity index (χ4v) is 3.12. The summed E-state index contributed by atoms with van der Waals surface area (Å²) in [5.41, 5.74) is 0.689. The monoisotopic (exact) mass is 360 g/mol. The number of amides is 1. The third-order valence-electron chi connectivity index (χ3n) is 3.81. The molecule has 0 spiro atoms. The highest BCUT2D eigenvalue weighted by Gasteiger charge is 2.19. The number of aryl methyl sites for hydroxylation is 1. The lowest BCUT2D eigenvalue weighted by atomic mass is 10.0. The second-order valence-electron chi connectivity index (χ2n) is 5.23. The van der Waals surface area contributed by atoms with Crippen LogP contribution in [-0.4, -0.2) is 25.1 Å². The number of nitrogens with zero attached hydrogens (tertiary/aromatic N) is 1. The van der Waals surface area contributed by atoms with Crippen molar-refractivity contribution in [3.63, 3.8) is 0 Å². The number of aromatic nitrogens is 1. The van der Waals surface area contributed by atoms with Gasteiger partial charge in [-0.3, -0.25) is 4.79 Å². The highest BCUT2D eigenvalue weighted by Crippen LogP contribution is 2.36. The molecule has 0 radical (unpaired) electrons. The second kappa shape index (κ2) is 6.94. The van der Waals surface area contributed by atoms with Gasteiger partial charge in [-0.05, 0) is 24.6 Å². The quantitative estimate of drug-likeness (QED) is 0.704. The average Bonchev–Trinajstić information content (AvgIpc) is 3.10. The SMILES string of the molecule is COc1ccc2c(C)c(CC(=O)Nc3nccs3)c(=O)oc2c1OC. The first-order valence-electron chi connectivity index (χ1n) is 7.41. The molecule has 0 aliphatic heterocycles. The molecule has 3 rings (SSSR count). The van der Waals surface area contributed by atoms with Crippen molar-refractivity contribution in [1.29, 1.82) is 0 Å². The van der Waals surface area contributed by atoms with Gasteiger partial charge >= 0.3 is 5.63 Å². The van der Waals surface area contributed by atoms with Gasteiger partial charge in [-0.2, -0.15) is 0 Å². The second-order valence-corrected chi connectivity index (χ2v) is 6.13. The van der Waals surface area contributed by atoms with E-state index in [1.807, 2.05) is 0 Å². The van der Waals surface area contributed by atoms with E-state index < -0.39 is 5.63 Å². The van der Waals surface area contributed by atoms with Crippen LogP contribution in [0.3, 0.4) is 0 Å². The first-order chi connectivity index (χ1) is 12.0. The largest absolute Gasteiger partial charge is 0.493 e. The molecule has 0 atom stereocenters. The van der Waals surface area contributed by atoms with Crippen LogP contribution in [0.2, 0.25) is 0 Å². The standard InChI is InChI=1S/C17H16N2O5S/c1-9-10-4-5-12(22-2)15(23-3)14(10)24-16(21)11(9)8-13(20)19-17-18-6-7-25-17/h4-7H,8H2,1-3H3,(H,18,19,20). The molecule has 0 aliphatic rings. The van der Waals surface area contributed by atoms with E-state index in [0.29, 0.717) is 38.7 Å². The van der Waals surface area contributed by atoms with Gasteiger partial charge in [-0.1, -0.05) is 0 Å². The average molecular weight is 360 g/mol. The summed E-state index contributed by atoms with van der Waals surface area (Å²) in [5, 5.41) is 5.59. The minimum absolute atomic E-state index is 0.0992. The van der Waals surface area contributed by atoms with Crippen LogP contribution in [-0.2, 0) is 11.2 Å². The fourth-order valence-electron chi connectivity index (χ4n) is 2.58. The van der Waals surface area contributed by atoms with E-state index in [2.05, 4.69) is 10.3 Å². The van der Waals surface area contributed by atoms with E-state index in [0.717, 1.165) is 0 Å². The number of benzene rings is 1. The Balaban J connectivity index is 2.02. The van der Waals surface area contributed by atoms with Gasteiger partial charge in [0.25, 0.3) is 0 Å². The van der Waals surface area contributed by atoms with Crippen LogP contribution in [0.4, 0.5) is 5.13 Å². The Morgan fingerprint density at radius 2 is 2.12 bits per heavy atom. The molecular weight excluding hydrogens is 344 g/mol. The Morgan fingerprint density at radius 1 is 1.32 bits per heavy atom. The molecule has 8 heteroatoms. The molecule has 2 aromatic heterocycles. The molecule has 0 bridgehead atoms. The molecular formula is C17H16N2O5S. The summed E-state index contributed by atoms with van der Waals surface area (Å²) < 4.78 is 15.9. The number of anilines is 1. The predicted octanol–water partition coefficient (Wildman–Crippen LogP) is 2.76. The van der Waals surface area contributed by atoms with Gasteiger partial charge in [0.1, 0.15) is 0 Å². The summed E-state index contributed by atoms with van der Waals surface area (Å²) in [6.07, 6.45) is 1.49. The van der Waals surface area contributed by atoms with Crippen LogP contribution in [0, 0.1) is 6.92 Å². The summed E-state index contributed by atoms with van der Waals surface area (Å²) >= 11 is 1.31. The number of fused-ring (bicyclic) bond motifs is 1. The fraction of sp³-hybridized carbons (Fsp3) is 0.235. The van der Waals surface area contributed by atoms with Gasteiger partial charge in [-0.25, -0.2) is 9.78 Å². The lowest BCUT2D eigenvalue weighted by Crippen LogP contribution is -2.20. The van der Waals surface area contributed by atoms with Crippen LogP contribution in [0.1, 0.15) is 11.1 Å². The van der Waals surface area contributed by atoms with Crippen LogP contribution >= 0.6 is 11.3 Å².